The molecule has 0 radical (unpaired) electrons. The van der Waals surface area contributed by atoms with Gasteiger partial charge in [-0.2, -0.15) is 0 Å². The van der Waals surface area contributed by atoms with Crippen molar-refractivity contribution in [3.63, 3.8) is 0 Å². The highest BCUT2D eigenvalue weighted by Gasteiger charge is 2.10. The van der Waals surface area contributed by atoms with Crippen LogP contribution in [-0.2, 0) is 11.2 Å². The molecule has 5 nitrogen and oxygen atoms in total. The predicted octanol–water partition coefficient (Wildman–Crippen LogP) is 3.34. The van der Waals surface area contributed by atoms with E-state index in [1.807, 2.05) is 13.8 Å². The number of hydrogen-bond acceptors (Lipinski definition) is 4. The van der Waals surface area contributed by atoms with Crippen LogP contribution < -0.4 is 10.1 Å². The SMILES string of the molecule is Cc1noc(C)c1CCC(=O)NCCCCOc1ccc(F)cc1. The molecule has 0 aliphatic heterocycles. The number of rotatable bonds is 9. The van der Waals surface area contributed by atoms with Crippen molar-refractivity contribution in [2.24, 2.45) is 0 Å². The van der Waals surface area contributed by atoms with Crippen LogP contribution in [0.15, 0.2) is 28.8 Å². The lowest BCUT2D eigenvalue weighted by Crippen LogP contribution is -2.25. The van der Waals surface area contributed by atoms with E-state index in [9.17, 15) is 9.18 Å². The Morgan fingerprint density at radius 3 is 2.67 bits per heavy atom. The molecule has 130 valence electrons. The molecule has 1 aromatic heterocycles. The number of nitrogens with zero attached hydrogens (tertiary/aromatic N) is 1. The quantitative estimate of drug-likeness (QED) is 0.714. The molecule has 0 fully saturated rings. The molecule has 2 rings (SSSR count). The molecule has 0 aliphatic carbocycles. The topological polar surface area (TPSA) is 64.4 Å². The van der Waals surface area contributed by atoms with Gasteiger partial charge in [-0.05, 0) is 57.4 Å². The van der Waals surface area contributed by atoms with Crippen LogP contribution in [0.1, 0.15) is 36.3 Å². The van der Waals surface area contributed by atoms with Gasteiger partial charge in [0.05, 0.1) is 12.3 Å². The Bertz CT molecular complexity index is 633. The van der Waals surface area contributed by atoms with Gasteiger partial charge < -0.3 is 14.6 Å². The van der Waals surface area contributed by atoms with Gasteiger partial charge in [-0.15, -0.1) is 0 Å². The smallest absolute Gasteiger partial charge is 0.220 e. The van der Waals surface area contributed by atoms with Crippen molar-refractivity contribution in [2.75, 3.05) is 13.2 Å². The summed E-state index contributed by atoms with van der Waals surface area (Å²) in [6, 6.07) is 5.95. The zero-order valence-corrected chi connectivity index (χ0v) is 14.1. The molecule has 0 saturated heterocycles. The fourth-order valence-corrected chi connectivity index (χ4v) is 2.36. The van der Waals surface area contributed by atoms with Gasteiger partial charge in [0.15, 0.2) is 0 Å². The van der Waals surface area contributed by atoms with E-state index in [2.05, 4.69) is 10.5 Å². The van der Waals surface area contributed by atoms with Crippen molar-refractivity contribution in [1.82, 2.24) is 10.5 Å². The highest BCUT2D eigenvalue weighted by Crippen LogP contribution is 2.14. The highest BCUT2D eigenvalue weighted by molar-refractivity contribution is 5.76. The number of carbonyl (C=O) groups is 1. The van der Waals surface area contributed by atoms with Gasteiger partial charge in [-0.3, -0.25) is 4.79 Å². The van der Waals surface area contributed by atoms with E-state index in [1.54, 1.807) is 12.1 Å². The van der Waals surface area contributed by atoms with E-state index < -0.39 is 0 Å². The second-order valence-electron chi connectivity index (χ2n) is 5.66. The maximum absolute atomic E-state index is 12.7. The van der Waals surface area contributed by atoms with Gasteiger partial charge in [0.2, 0.25) is 5.91 Å². The Labute approximate surface area is 141 Å². The van der Waals surface area contributed by atoms with Crippen LogP contribution in [0.25, 0.3) is 0 Å². The van der Waals surface area contributed by atoms with Gasteiger partial charge in [0, 0.05) is 18.5 Å². The van der Waals surface area contributed by atoms with Crippen molar-refractivity contribution in [2.45, 2.75) is 39.5 Å². The molecule has 0 atom stereocenters. The summed E-state index contributed by atoms with van der Waals surface area (Å²) in [7, 11) is 0. The molecule has 24 heavy (non-hydrogen) atoms. The van der Waals surface area contributed by atoms with Gasteiger partial charge in [0.25, 0.3) is 0 Å². The van der Waals surface area contributed by atoms with E-state index in [-0.39, 0.29) is 11.7 Å². The number of unbranched alkanes of at least 4 members (excludes halogenated alkanes) is 1. The van der Waals surface area contributed by atoms with Crippen molar-refractivity contribution in [1.29, 1.82) is 0 Å². The summed E-state index contributed by atoms with van der Waals surface area (Å²) in [5.41, 5.74) is 1.86. The largest absolute Gasteiger partial charge is 0.494 e. The van der Waals surface area contributed by atoms with Gasteiger partial charge in [-0.25, -0.2) is 4.39 Å². The lowest BCUT2D eigenvalue weighted by molar-refractivity contribution is -0.121. The van der Waals surface area contributed by atoms with Gasteiger partial charge in [-0.1, -0.05) is 5.16 Å². The van der Waals surface area contributed by atoms with Crippen LogP contribution in [0, 0.1) is 19.7 Å². The molecule has 0 spiro atoms. The van der Waals surface area contributed by atoms with E-state index in [0.717, 1.165) is 29.9 Å². The number of ether oxygens (including phenoxy) is 1. The molecule has 0 unspecified atom stereocenters. The maximum atomic E-state index is 12.7. The summed E-state index contributed by atoms with van der Waals surface area (Å²) in [6.45, 7) is 4.90. The summed E-state index contributed by atoms with van der Waals surface area (Å²) in [4.78, 5) is 11.8. The first-order chi connectivity index (χ1) is 11.6. The van der Waals surface area contributed by atoms with Crippen molar-refractivity contribution < 1.29 is 18.4 Å². The summed E-state index contributed by atoms with van der Waals surface area (Å²) in [5, 5.41) is 6.77. The number of benzene rings is 1. The molecular weight excluding hydrogens is 311 g/mol. The molecular formula is C18H23FN2O3. The average molecular weight is 334 g/mol. The number of aryl methyl sites for hydroxylation is 2. The maximum Gasteiger partial charge on any atom is 0.220 e. The summed E-state index contributed by atoms with van der Waals surface area (Å²) in [5.74, 6) is 1.18. The van der Waals surface area contributed by atoms with Crippen LogP contribution in [0.2, 0.25) is 0 Å². The molecule has 0 aliphatic rings. The first kappa shape index (κ1) is 18.0. The van der Waals surface area contributed by atoms with E-state index in [4.69, 9.17) is 9.26 Å². The van der Waals surface area contributed by atoms with E-state index in [0.29, 0.717) is 31.7 Å². The standard InChI is InChI=1S/C18H23FN2O3/c1-13-17(14(2)24-21-13)9-10-18(22)20-11-3-4-12-23-16-7-5-15(19)6-8-16/h5-8H,3-4,9-12H2,1-2H3,(H,20,22). The third kappa shape index (κ3) is 5.68. The van der Waals surface area contributed by atoms with Crippen LogP contribution >= 0.6 is 0 Å². The third-order valence-corrected chi connectivity index (χ3v) is 3.76. The van der Waals surface area contributed by atoms with E-state index >= 15 is 0 Å². The van der Waals surface area contributed by atoms with Crippen LogP contribution in [0.3, 0.4) is 0 Å². The fraction of sp³-hybridized carbons (Fsp3) is 0.444. The predicted molar refractivity (Wildman–Crippen MR) is 88.4 cm³/mol. The number of aromatic nitrogens is 1. The lowest BCUT2D eigenvalue weighted by atomic mass is 10.1. The lowest BCUT2D eigenvalue weighted by Gasteiger charge is -2.07. The minimum Gasteiger partial charge on any atom is -0.494 e. The molecule has 6 heteroatoms. The number of nitrogens with one attached hydrogen (secondary N) is 1. The Kier molecular flexibility index (Phi) is 6.78. The minimum atomic E-state index is -0.276. The molecule has 1 aromatic carbocycles. The van der Waals surface area contributed by atoms with Gasteiger partial charge in [0.1, 0.15) is 17.3 Å². The number of hydrogen-bond donors (Lipinski definition) is 1. The summed E-state index contributed by atoms with van der Waals surface area (Å²) in [6.07, 6.45) is 2.72. The molecule has 2 aromatic rings. The second kappa shape index (κ2) is 9.05. The van der Waals surface area contributed by atoms with Crippen molar-refractivity contribution >= 4 is 5.91 Å². The second-order valence-corrected chi connectivity index (χ2v) is 5.66. The molecule has 0 bridgehead atoms. The Morgan fingerprint density at radius 1 is 1.25 bits per heavy atom. The van der Waals surface area contributed by atoms with Crippen molar-refractivity contribution in [3.05, 3.63) is 47.1 Å². The Hall–Kier alpha value is -2.37. The summed E-state index contributed by atoms with van der Waals surface area (Å²) >= 11 is 0. The molecule has 1 heterocycles. The Balaban J connectivity index is 1.54. The van der Waals surface area contributed by atoms with Crippen LogP contribution in [0.5, 0.6) is 5.75 Å². The van der Waals surface area contributed by atoms with Crippen LogP contribution in [-0.4, -0.2) is 24.2 Å². The van der Waals surface area contributed by atoms with Crippen molar-refractivity contribution in [3.8, 4) is 5.75 Å². The highest BCUT2D eigenvalue weighted by atomic mass is 19.1. The Morgan fingerprint density at radius 2 is 2.00 bits per heavy atom. The molecule has 1 N–H and O–H groups in total. The first-order valence-corrected chi connectivity index (χ1v) is 8.13. The average Bonchev–Trinajstić information content (AvgIpc) is 2.89. The fourth-order valence-electron chi connectivity index (χ4n) is 2.36. The zero-order chi connectivity index (χ0) is 17.4. The normalized spacial score (nSPS) is 10.6. The number of amides is 1. The van der Waals surface area contributed by atoms with E-state index in [1.165, 1.54) is 12.1 Å². The number of halogens is 1. The zero-order valence-electron chi connectivity index (χ0n) is 14.1. The third-order valence-electron chi connectivity index (χ3n) is 3.76. The first-order valence-electron chi connectivity index (χ1n) is 8.13. The minimum absolute atomic E-state index is 0.0226. The molecule has 1 amide bonds. The summed E-state index contributed by atoms with van der Waals surface area (Å²) < 4.78 is 23.3. The monoisotopic (exact) mass is 334 g/mol. The van der Waals surface area contributed by atoms with Gasteiger partial charge >= 0.3 is 0 Å². The van der Waals surface area contributed by atoms with Crippen LogP contribution in [0.4, 0.5) is 4.39 Å². The number of carbonyl (C=O) groups excluding carboxylic acids is 1. The molecule has 0 saturated carbocycles.